The van der Waals surface area contributed by atoms with E-state index in [-0.39, 0.29) is 6.03 Å². The highest BCUT2D eigenvalue weighted by molar-refractivity contribution is 5.74. The number of benzene rings is 1. The number of rotatable bonds is 3. The molecule has 2 amide bonds. The number of nitrogens with one attached hydrogen (secondary N) is 1. The van der Waals surface area contributed by atoms with Gasteiger partial charge in [0, 0.05) is 31.4 Å². The first kappa shape index (κ1) is 14.6. The number of nitrogens with zero attached hydrogens (tertiary/aromatic N) is 3. The normalized spacial score (nSPS) is 18.2. The Morgan fingerprint density at radius 1 is 1.36 bits per heavy atom. The third kappa shape index (κ3) is 3.47. The number of likely N-dealkylation sites (tertiary alicyclic amines) is 1. The summed E-state index contributed by atoms with van der Waals surface area (Å²) in [5.74, 6) is 0.598. The van der Waals surface area contributed by atoms with Gasteiger partial charge in [-0.25, -0.2) is 9.48 Å². The van der Waals surface area contributed by atoms with Crippen LogP contribution in [0.25, 0.3) is 5.69 Å². The first-order chi connectivity index (χ1) is 10.7. The van der Waals surface area contributed by atoms with Crippen LogP contribution in [-0.4, -0.2) is 33.8 Å². The number of carbonyl (C=O) groups excluding carboxylic acids is 1. The standard InChI is InChI=1S/C17H22N4O/c1-14-6-5-9-20(12-14)17(22)18-10-15-11-19-21(13-15)16-7-3-2-4-8-16/h2-4,7-8,11,13-14H,5-6,9-10,12H2,1H3,(H,18,22). The van der Waals surface area contributed by atoms with E-state index < -0.39 is 0 Å². The number of urea groups is 1. The van der Waals surface area contributed by atoms with Crippen LogP contribution in [0, 0.1) is 5.92 Å². The molecule has 1 aliphatic rings. The number of carbonyl (C=O) groups is 1. The Bertz CT molecular complexity index is 623. The summed E-state index contributed by atoms with van der Waals surface area (Å²) in [4.78, 5) is 14.1. The highest BCUT2D eigenvalue weighted by Crippen LogP contribution is 2.15. The molecular formula is C17H22N4O. The van der Waals surface area contributed by atoms with E-state index in [1.807, 2.05) is 46.1 Å². The molecule has 0 saturated carbocycles. The zero-order valence-corrected chi connectivity index (χ0v) is 12.9. The molecule has 1 aliphatic heterocycles. The molecule has 5 nitrogen and oxygen atoms in total. The summed E-state index contributed by atoms with van der Waals surface area (Å²) in [7, 11) is 0. The topological polar surface area (TPSA) is 50.2 Å². The van der Waals surface area contributed by atoms with Gasteiger partial charge in [0.2, 0.25) is 0 Å². The van der Waals surface area contributed by atoms with E-state index in [2.05, 4.69) is 17.3 Å². The molecule has 1 aromatic heterocycles. The number of piperidine rings is 1. The van der Waals surface area contributed by atoms with E-state index in [4.69, 9.17) is 0 Å². The molecule has 2 aromatic rings. The maximum atomic E-state index is 12.2. The van der Waals surface area contributed by atoms with Crippen LogP contribution in [0.15, 0.2) is 42.7 Å². The van der Waals surface area contributed by atoms with Crippen molar-refractivity contribution in [2.24, 2.45) is 5.92 Å². The van der Waals surface area contributed by atoms with Gasteiger partial charge >= 0.3 is 6.03 Å². The Labute approximate surface area is 130 Å². The highest BCUT2D eigenvalue weighted by Gasteiger charge is 2.20. The van der Waals surface area contributed by atoms with Crippen molar-refractivity contribution in [3.8, 4) is 5.69 Å². The predicted molar refractivity (Wildman–Crippen MR) is 85.8 cm³/mol. The van der Waals surface area contributed by atoms with Crippen molar-refractivity contribution < 1.29 is 4.79 Å². The second kappa shape index (κ2) is 6.64. The summed E-state index contributed by atoms with van der Waals surface area (Å²) >= 11 is 0. The van der Waals surface area contributed by atoms with Gasteiger partial charge in [0.05, 0.1) is 11.9 Å². The average Bonchev–Trinajstić information content (AvgIpc) is 3.02. The Hall–Kier alpha value is -2.30. The lowest BCUT2D eigenvalue weighted by molar-refractivity contribution is 0.169. The van der Waals surface area contributed by atoms with Crippen LogP contribution >= 0.6 is 0 Å². The van der Waals surface area contributed by atoms with Gasteiger partial charge in [-0.2, -0.15) is 5.10 Å². The van der Waals surface area contributed by atoms with E-state index in [0.717, 1.165) is 30.8 Å². The summed E-state index contributed by atoms with van der Waals surface area (Å²) in [5.41, 5.74) is 2.02. The molecule has 0 radical (unpaired) electrons. The van der Waals surface area contributed by atoms with Gasteiger partial charge in [0.15, 0.2) is 0 Å². The smallest absolute Gasteiger partial charge is 0.317 e. The first-order valence-corrected chi connectivity index (χ1v) is 7.84. The molecule has 1 N–H and O–H groups in total. The molecule has 0 aliphatic carbocycles. The summed E-state index contributed by atoms with van der Waals surface area (Å²) in [5, 5.41) is 7.33. The maximum absolute atomic E-state index is 12.2. The molecule has 0 spiro atoms. The SMILES string of the molecule is CC1CCCN(C(=O)NCc2cnn(-c3ccccc3)c2)C1. The molecule has 116 valence electrons. The van der Waals surface area contributed by atoms with Crippen LogP contribution < -0.4 is 5.32 Å². The lowest BCUT2D eigenvalue weighted by Gasteiger charge is -2.30. The number of aromatic nitrogens is 2. The predicted octanol–water partition coefficient (Wildman–Crippen LogP) is 2.81. The number of amides is 2. The molecule has 1 atom stereocenters. The van der Waals surface area contributed by atoms with Gasteiger partial charge in [0.25, 0.3) is 0 Å². The van der Waals surface area contributed by atoms with Gasteiger partial charge in [-0.05, 0) is 30.9 Å². The fourth-order valence-corrected chi connectivity index (χ4v) is 2.84. The lowest BCUT2D eigenvalue weighted by Crippen LogP contribution is -2.44. The molecule has 22 heavy (non-hydrogen) atoms. The monoisotopic (exact) mass is 298 g/mol. The van der Waals surface area contributed by atoms with E-state index >= 15 is 0 Å². The fraction of sp³-hybridized carbons (Fsp3) is 0.412. The molecule has 0 bridgehead atoms. The Morgan fingerprint density at radius 2 is 2.18 bits per heavy atom. The van der Waals surface area contributed by atoms with Crippen molar-refractivity contribution in [1.82, 2.24) is 20.0 Å². The first-order valence-electron chi connectivity index (χ1n) is 7.84. The molecule has 3 rings (SSSR count). The molecule has 1 unspecified atom stereocenters. The lowest BCUT2D eigenvalue weighted by atomic mass is 10.0. The third-order valence-electron chi connectivity index (χ3n) is 4.04. The van der Waals surface area contributed by atoms with Crippen molar-refractivity contribution >= 4 is 6.03 Å². The summed E-state index contributed by atoms with van der Waals surface area (Å²) in [6, 6.07) is 9.98. The molecule has 1 fully saturated rings. The second-order valence-electron chi connectivity index (χ2n) is 5.98. The summed E-state index contributed by atoms with van der Waals surface area (Å²) in [6.45, 7) is 4.43. The molecular weight excluding hydrogens is 276 g/mol. The summed E-state index contributed by atoms with van der Waals surface area (Å²) < 4.78 is 1.82. The van der Waals surface area contributed by atoms with Gasteiger partial charge in [-0.3, -0.25) is 0 Å². The van der Waals surface area contributed by atoms with Gasteiger partial charge < -0.3 is 10.2 Å². The van der Waals surface area contributed by atoms with Gasteiger partial charge in [-0.15, -0.1) is 0 Å². The summed E-state index contributed by atoms with van der Waals surface area (Å²) in [6.07, 6.45) is 6.06. The van der Waals surface area contributed by atoms with Gasteiger partial charge in [-0.1, -0.05) is 25.1 Å². The van der Waals surface area contributed by atoms with E-state index in [0.29, 0.717) is 12.5 Å². The van der Waals surface area contributed by atoms with E-state index in [9.17, 15) is 4.79 Å². The van der Waals surface area contributed by atoms with Crippen LogP contribution in [0.5, 0.6) is 0 Å². The van der Waals surface area contributed by atoms with Crippen molar-refractivity contribution in [1.29, 1.82) is 0 Å². The minimum Gasteiger partial charge on any atom is -0.334 e. The van der Waals surface area contributed by atoms with Crippen molar-refractivity contribution in [2.75, 3.05) is 13.1 Å². The fourth-order valence-electron chi connectivity index (χ4n) is 2.84. The van der Waals surface area contributed by atoms with Gasteiger partial charge in [0.1, 0.15) is 0 Å². The highest BCUT2D eigenvalue weighted by atomic mass is 16.2. The number of para-hydroxylation sites is 1. The minimum absolute atomic E-state index is 0.0269. The Balaban J connectivity index is 1.56. The average molecular weight is 298 g/mol. The minimum atomic E-state index is 0.0269. The zero-order valence-electron chi connectivity index (χ0n) is 12.9. The van der Waals surface area contributed by atoms with Crippen LogP contribution in [-0.2, 0) is 6.54 Å². The largest absolute Gasteiger partial charge is 0.334 e. The Kier molecular flexibility index (Phi) is 4.42. The quantitative estimate of drug-likeness (QED) is 0.947. The molecule has 2 heterocycles. The number of hydrogen-bond donors (Lipinski definition) is 1. The van der Waals surface area contributed by atoms with E-state index in [1.165, 1.54) is 6.42 Å². The third-order valence-corrected chi connectivity index (χ3v) is 4.04. The van der Waals surface area contributed by atoms with Crippen LogP contribution in [0.2, 0.25) is 0 Å². The van der Waals surface area contributed by atoms with E-state index in [1.54, 1.807) is 6.20 Å². The second-order valence-corrected chi connectivity index (χ2v) is 5.98. The van der Waals surface area contributed by atoms with Crippen molar-refractivity contribution in [3.05, 3.63) is 48.3 Å². The van der Waals surface area contributed by atoms with Crippen LogP contribution in [0.4, 0.5) is 4.79 Å². The number of hydrogen-bond acceptors (Lipinski definition) is 2. The molecule has 5 heteroatoms. The molecule has 1 aromatic carbocycles. The van der Waals surface area contributed by atoms with Crippen molar-refractivity contribution in [2.45, 2.75) is 26.3 Å². The van der Waals surface area contributed by atoms with Crippen molar-refractivity contribution in [3.63, 3.8) is 0 Å². The molecule has 1 saturated heterocycles. The zero-order chi connectivity index (χ0) is 15.4. The Morgan fingerprint density at radius 3 is 2.95 bits per heavy atom. The van der Waals surface area contributed by atoms with Crippen LogP contribution in [0.1, 0.15) is 25.3 Å². The van der Waals surface area contributed by atoms with Crippen LogP contribution in [0.3, 0.4) is 0 Å². The maximum Gasteiger partial charge on any atom is 0.317 e.